The lowest BCUT2D eigenvalue weighted by Gasteiger charge is -2.67. The first kappa shape index (κ1) is 22.7. The summed E-state index contributed by atoms with van der Waals surface area (Å²) in [6.07, 6.45) is -1.03. The van der Waals surface area contributed by atoms with E-state index in [1.807, 2.05) is 6.92 Å². The van der Waals surface area contributed by atoms with Gasteiger partial charge < -0.3 is 19.7 Å². The second-order valence-electron chi connectivity index (χ2n) is 11.4. The molecular formula is C24H36O7. The lowest BCUT2D eigenvalue weighted by molar-refractivity contribution is -0.279. The van der Waals surface area contributed by atoms with Crippen molar-refractivity contribution in [2.75, 3.05) is 0 Å². The standard InChI is InChI=1S/C24H36O7/c1-11-14-9-15(30-12(2)25)19-23(6)16(10-17(27)24(19,20(11)28)21(14)29)22(4,5)8-7-18(23)31-13(3)26/h11,14-19,21,27,29H,7-10H2,1-6H3. The van der Waals surface area contributed by atoms with E-state index in [0.717, 1.165) is 6.42 Å². The van der Waals surface area contributed by atoms with E-state index in [9.17, 15) is 24.6 Å². The van der Waals surface area contributed by atoms with Gasteiger partial charge in [0.25, 0.3) is 0 Å². The van der Waals surface area contributed by atoms with Crippen LogP contribution in [0.5, 0.6) is 0 Å². The Hall–Kier alpha value is -1.47. The van der Waals surface area contributed by atoms with Crippen molar-refractivity contribution in [3.63, 3.8) is 0 Å². The average Bonchev–Trinajstić information content (AvgIpc) is 2.76. The summed E-state index contributed by atoms with van der Waals surface area (Å²) in [5.74, 6) is -2.51. The molecule has 2 N–H and O–H groups in total. The molecule has 10 unspecified atom stereocenters. The van der Waals surface area contributed by atoms with Crippen molar-refractivity contribution in [1.82, 2.24) is 0 Å². The highest BCUT2D eigenvalue weighted by Gasteiger charge is 2.78. The van der Waals surface area contributed by atoms with Gasteiger partial charge in [-0.05, 0) is 42.9 Å². The first-order valence-electron chi connectivity index (χ1n) is 11.5. The van der Waals surface area contributed by atoms with Crippen molar-refractivity contribution < 1.29 is 34.1 Å². The monoisotopic (exact) mass is 436 g/mol. The Morgan fingerprint density at radius 1 is 1.03 bits per heavy atom. The number of carbonyl (C=O) groups excluding carboxylic acids is 3. The van der Waals surface area contributed by atoms with Crippen LogP contribution in [0.3, 0.4) is 0 Å². The smallest absolute Gasteiger partial charge is 0.302 e. The fraction of sp³-hybridized carbons (Fsp3) is 0.875. The Labute approximate surface area is 183 Å². The highest BCUT2D eigenvalue weighted by atomic mass is 16.6. The zero-order valence-corrected chi connectivity index (χ0v) is 19.4. The highest BCUT2D eigenvalue weighted by Crippen LogP contribution is 2.71. The number of carbonyl (C=O) groups is 3. The number of ether oxygens (including phenoxy) is 2. The fourth-order valence-corrected chi connectivity index (χ4v) is 8.41. The molecule has 0 heterocycles. The van der Waals surface area contributed by atoms with Gasteiger partial charge >= 0.3 is 11.9 Å². The molecule has 0 amide bonds. The lowest BCUT2D eigenvalue weighted by Crippen LogP contribution is -2.73. The minimum atomic E-state index is -1.42. The van der Waals surface area contributed by atoms with Crippen LogP contribution in [0, 0.1) is 39.9 Å². The van der Waals surface area contributed by atoms with Gasteiger partial charge in [-0.1, -0.05) is 27.7 Å². The Morgan fingerprint density at radius 3 is 2.23 bits per heavy atom. The predicted octanol–water partition coefficient (Wildman–Crippen LogP) is 2.26. The van der Waals surface area contributed by atoms with Crippen LogP contribution in [-0.4, -0.2) is 52.4 Å². The molecule has 7 heteroatoms. The van der Waals surface area contributed by atoms with Gasteiger partial charge in [0.05, 0.1) is 17.6 Å². The molecule has 1 spiro atoms. The summed E-state index contributed by atoms with van der Waals surface area (Å²) in [5.41, 5.74) is -2.33. The first-order chi connectivity index (χ1) is 14.3. The summed E-state index contributed by atoms with van der Waals surface area (Å²) in [6, 6.07) is 0. The second-order valence-corrected chi connectivity index (χ2v) is 11.4. The molecule has 0 saturated heterocycles. The third-order valence-electron chi connectivity index (χ3n) is 9.51. The molecule has 31 heavy (non-hydrogen) atoms. The SMILES string of the molecule is CC(=O)OC1CC2C(C)C(=O)C3(C(O)CC4C(C)(C)CCC(OC(C)=O)C4(C)C13)C2O. The summed E-state index contributed by atoms with van der Waals surface area (Å²) in [5, 5.41) is 22.9. The third-order valence-corrected chi connectivity index (χ3v) is 9.51. The second kappa shape index (κ2) is 7.01. The molecule has 4 aliphatic rings. The number of rotatable bonds is 2. The summed E-state index contributed by atoms with van der Waals surface area (Å²) in [7, 11) is 0. The first-order valence-corrected chi connectivity index (χ1v) is 11.5. The number of fused-ring (bicyclic) bond motifs is 3. The molecule has 7 nitrogen and oxygen atoms in total. The van der Waals surface area contributed by atoms with Crippen LogP contribution in [-0.2, 0) is 23.9 Å². The van der Waals surface area contributed by atoms with E-state index in [1.54, 1.807) is 6.92 Å². The van der Waals surface area contributed by atoms with Crippen molar-refractivity contribution in [3.8, 4) is 0 Å². The van der Waals surface area contributed by atoms with Crippen LogP contribution in [0.1, 0.15) is 67.2 Å². The van der Waals surface area contributed by atoms with Gasteiger partial charge in [0.1, 0.15) is 18.0 Å². The summed E-state index contributed by atoms with van der Waals surface area (Å²) >= 11 is 0. The summed E-state index contributed by atoms with van der Waals surface area (Å²) in [6.45, 7) is 10.8. The zero-order chi connectivity index (χ0) is 23.1. The molecule has 4 saturated carbocycles. The summed E-state index contributed by atoms with van der Waals surface area (Å²) in [4.78, 5) is 37.9. The van der Waals surface area contributed by atoms with Crippen LogP contribution in [0.4, 0.5) is 0 Å². The number of esters is 2. The van der Waals surface area contributed by atoms with Crippen LogP contribution in [0.25, 0.3) is 0 Å². The van der Waals surface area contributed by atoms with Crippen molar-refractivity contribution >= 4 is 17.7 Å². The van der Waals surface area contributed by atoms with Gasteiger partial charge in [-0.25, -0.2) is 0 Å². The molecule has 0 aromatic rings. The largest absolute Gasteiger partial charge is 0.462 e. The number of Topliss-reactive ketones (excluding diaryl/α,β-unsaturated/α-hetero) is 1. The Kier molecular flexibility index (Phi) is 5.14. The highest BCUT2D eigenvalue weighted by molar-refractivity contribution is 5.92. The van der Waals surface area contributed by atoms with Gasteiger partial charge in [0, 0.05) is 31.1 Å². The molecule has 0 radical (unpaired) electrons. The van der Waals surface area contributed by atoms with Crippen LogP contribution in [0.2, 0.25) is 0 Å². The fourth-order valence-electron chi connectivity index (χ4n) is 8.41. The molecule has 10 atom stereocenters. The number of hydrogen-bond donors (Lipinski definition) is 2. The van der Waals surface area contributed by atoms with E-state index in [1.165, 1.54) is 13.8 Å². The zero-order valence-electron chi connectivity index (χ0n) is 19.4. The van der Waals surface area contributed by atoms with Gasteiger partial charge in [0.15, 0.2) is 0 Å². The van der Waals surface area contributed by atoms with E-state index < -0.39 is 59.0 Å². The van der Waals surface area contributed by atoms with Crippen molar-refractivity contribution in [2.45, 2.75) is 91.6 Å². The minimum absolute atomic E-state index is 0.0748. The normalized spacial score (nSPS) is 50.3. The predicted molar refractivity (Wildman–Crippen MR) is 111 cm³/mol. The van der Waals surface area contributed by atoms with E-state index >= 15 is 0 Å². The molecule has 4 aliphatic carbocycles. The molecule has 0 aromatic heterocycles. The molecule has 4 rings (SSSR count). The van der Waals surface area contributed by atoms with E-state index in [4.69, 9.17) is 9.47 Å². The van der Waals surface area contributed by atoms with Gasteiger partial charge in [-0.15, -0.1) is 0 Å². The number of aliphatic hydroxyl groups excluding tert-OH is 2. The average molecular weight is 437 g/mol. The molecular weight excluding hydrogens is 400 g/mol. The number of ketones is 1. The number of aliphatic hydroxyl groups is 2. The third kappa shape index (κ3) is 2.81. The van der Waals surface area contributed by atoms with Gasteiger partial charge in [-0.2, -0.15) is 0 Å². The van der Waals surface area contributed by atoms with E-state index in [2.05, 4.69) is 13.8 Å². The van der Waals surface area contributed by atoms with Crippen LogP contribution in [0.15, 0.2) is 0 Å². The molecule has 0 aliphatic heterocycles. The molecule has 4 fully saturated rings. The summed E-state index contributed by atoms with van der Waals surface area (Å²) < 4.78 is 11.7. The van der Waals surface area contributed by atoms with Crippen LogP contribution >= 0.6 is 0 Å². The number of hydrogen-bond acceptors (Lipinski definition) is 7. The lowest BCUT2D eigenvalue weighted by atomic mass is 9.38. The Bertz CT molecular complexity index is 806. The maximum Gasteiger partial charge on any atom is 0.302 e. The van der Waals surface area contributed by atoms with Crippen molar-refractivity contribution in [3.05, 3.63) is 0 Å². The maximum atomic E-state index is 13.7. The van der Waals surface area contributed by atoms with Crippen molar-refractivity contribution in [2.24, 2.45) is 39.9 Å². The van der Waals surface area contributed by atoms with Gasteiger partial charge in [0.2, 0.25) is 0 Å². The Morgan fingerprint density at radius 2 is 1.65 bits per heavy atom. The Balaban J connectivity index is 1.96. The molecule has 2 bridgehead atoms. The van der Waals surface area contributed by atoms with E-state index in [-0.39, 0.29) is 23.0 Å². The topological polar surface area (TPSA) is 110 Å². The molecule has 174 valence electrons. The van der Waals surface area contributed by atoms with Crippen molar-refractivity contribution in [1.29, 1.82) is 0 Å². The van der Waals surface area contributed by atoms with E-state index in [0.29, 0.717) is 19.3 Å². The minimum Gasteiger partial charge on any atom is -0.462 e. The van der Waals surface area contributed by atoms with Gasteiger partial charge in [-0.3, -0.25) is 14.4 Å². The maximum absolute atomic E-state index is 13.7. The molecule has 0 aromatic carbocycles. The van der Waals surface area contributed by atoms with Crippen LogP contribution < -0.4 is 0 Å². The quantitative estimate of drug-likeness (QED) is 0.639.